The van der Waals surface area contributed by atoms with Crippen molar-refractivity contribution in [2.24, 2.45) is 17.3 Å². The first kappa shape index (κ1) is 21.1. The van der Waals surface area contributed by atoms with E-state index in [1.54, 1.807) is 18.3 Å². The lowest BCUT2D eigenvalue weighted by Crippen LogP contribution is -2.39. The third-order valence-corrected chi connectivity index (χ3v) is 6.01. The SMILES string of the molecule is CCC(NC(=O)[C@H]1CC[C@@H](C(C)(C)C)CC1)c1nnc(-c2ccccn2)[nH]c1=O. The molecule has 29 heavy (non-hydrogen) atoms. The highest BCUT2D eigenvalue weighted by molar-refractivity contribution is 5.79. The van der Waals surface area contributed by atoms with Crippen LogP contribution in [0.25, 0.3) is 11.5 Å². The topological polar surface area (TPSA) is 101 Å². The van der Waals surface area contributed by atoms with Crippen molar-refractivity contribution in [2.45, 2.75) is 65.8 Å². The summed E-state index contributed by atoms with van der Waals surface area (Å²) in [6.07, 6.45) is 6.13. The summed E-state index contributed by atoms with van der Waals surface area (Å²) in [6.45, 7) is 8.73. The Bertz CT molecular complexity index is 880. The van der Waals surface area contributed by atoms with Gasteiger partial charge in [-0.3, -0.25) is 14.6 Å². The fraction of sp³-hybridized carbons (Fsp3) is 0.591. The van der Waals surface area contributed by atoms with Gasteiger partial charge in [0, 0.05) is 12.1 Å². The summed E-state index contributed by atoms with van der Waals surface area (Å²) in [5, 5.41) is 11.3. The van der Waals surface area contributed by atoms with Crippen LogP contribution in [-0.4, -0.2) is 26.1 Å². The zero-order valence-electron chi connectivity index (χ0n) is 17.7. The van der Waals surface area contributed by atoms with Crippen LogP contribution in [0.2, 0.25) is 0 Å². The number of hydrogen-bond donors (Lipinski definition) is 2. The minimum Gasteiger partial charge on any atom is -0.347 e. The van der Waals surface area contributed by atoms with Crippen molar-refractivity contribution in [2.75, 3.05) is 0 Å². The number of nitrogens with zero attached hydrogens (tertiary/aromatic N) is 3. The lowest BCUT2D eigenvalue weighted by molar-refractivity contribution is -0.127. The van der Waals surface area contributed by atoms with E-state index in [9.17, 15) is 9.59 Å². The number of carbonyl (C=O) groups excluding carboxylic acids is 1. The molecule has 0 saturated heterocycles. The van der Waals surface area contributed by atoms with Crippen LogP contribution in [0.3, 0.4) is 0 Å². The number of H-pyrrole nitrogens is 1. The van der Waals surface area contributed by atoms with Crippen molar-refractivity contribution >= 4 is 5.91 Å². The molecule has 3 rings (SSSR count). The first-order chi connectivity index (χ1) is 13.8. The van der Waals surface area contributed by atoms with Gasteiger partial charge in [-0.15, -0.1) is 10.2 Å². The summed E-state index contributed by atoms with van der Waals surface area (Å²) in [6, 6.07) is 4.92. The van der Waals surface area contributed by atoms with E-state index in [1.165, 1.54) is 0 Å². The molecule has 0 spiro atoms. The van der Waals surface area contributed by atoms with Gasteiger partial charge in [-0.25, -0.2) is 0 Å². The predicted octanol–water partition coefficient (Wildman–Crippen LogP) is 3.65. The lowest BCUT2D eigenvalue weighted by Gasteiger charge is -2.36. The van der Waals surface area contributed by atoms with E-state index in [-0.39, 0.29) is 28.5 Å². The van der Waals surface area contributed by atoms with E-state index in [4.69, 9.17) is 0 Å². The molecule has 1 aliphatic rings. The van der Waals surface area contributed by atoms with Crippen LogP contribution < -0.4 is 10.9 Å². The van der Waals surface area contributed by atoms with E-state index in [0.29, 0.717) is 23.9 Å². The molecular formula is C22H31N5O2. The fourth-order valence-electron chi connectivity index (χ4n) is 4.07. The maximum absolute atomic E-state index is 12.8. The highest BCUT2D eigenvalue weighted by atomic mass is 16.2. The molecule has 2 aromatic rings. The smallest absolute Gasteiger partial charge is 0.275 e. The quantitative estimate of drug-likeness (QED) is 0.802. The highest BCUT2D eigenvalue weighted by Gasteiger charge is 2.33. The predicted molar refractivity (Wildman–Crippen MR) is 112 cm³/mol. The van der Waals surface area contributed by atoms with Crippen LogP contribution in [0, 0.1) is 17.3 Å². The van der Waals surface area contributed by atoms with Gasteiger partial charge in [0.25, 0.3) is 5.56 Å². The Morgan fingerprint density at radius 3 is 2.48 bits per heavy atom. The lowest BCUT2D eigenvalue weighted by atomic mass is 9.69. The van der Waals surface area contributed by atoms with Crippen LogP contribution in [-0.2, 0) is 4.79 Å². The van der Waals surface area contributed by atoms with Gasteiger partial charge in [-0.1, -0.05) is 33.8 Å². The van der Waals surface area contributed by atoms with Crippen molar-refractivity contribution in [1.82, 2.24) is 25.5 Å². The zero-order chi connectivity index (χ0) is 21.0. The van der Waals surface area contributed by atoms with E-state index >= 15 is 0 Å². The van der Waals surface area contributed by atoms with Gasteiger partial charge < -0.3 is 10.3 Å². The molecule has 1 amide bonds. The molecule has 1 fully saturated rings. The second kappa shape index (κ2) is 8.84. The third kappa shape index (κ3) is 5.08. The second-order valence-electron chi connectivity index (χ2n) is 8.99. The fourth-order valence-corrected chi connectivity index (χ4v) is 4.07. The van der Waals surface area contributed by atoms with Gasteiger partial charge in [-0.2, -0.15) is 0 Å². The molecule has 2 heterocycles. The Morgan fingerprint density at radius 2 is 1.93 bits per heavy atom. The number of rotatable bonds is 5. The highest BCUT2D eigenvalue weighted by Crippen LogP contribution is 2.39. The Morgan fingerprint density at radius 1 is 1.21 bits per heavy atom. The van der Waals surface area contributed by atoms with E-state index in [0.717, 1.165) is 25.7 Å². The molecule has 1 aliphatic carbocycles. The Labute approximate surface area is 171 Å². The van der Waals surface area contributed by atoms with Crippen molar-refractivity contribution in [3.8, 4) is 11.5 Å². The van der Waals surface area contributed by atoms with Crippen molar-refractivity contribution < 1.29 is 4.79 Å². The number of aromatic nitrogens is 4. The van der Waals surface area contributed by atoms with Gasteiger partial charge >= 0.3 is 0 Å². The molecule has 156 valence electrons. The number of carbonyl (C=O) groups is 1. The zero-order valence-corrected chi connectivity index (χ0v) is 17.7. The van der Waals surface area contributed by atoms with Gasteiger partial charge in [0.05, 0.1) is 6.04 Å². The van der Waals surface area contributed by atoms with Crippen LogP contribution in [0.4, 0.5) is 0 Å². The van der Waals surface area contributed by atoms with Gasteiger partial charge in [0.15, 0.2) is 11.5 Å². The number of hydrogen-bond acceptors (Lipinski definition) is 5. The molecule has 1 saturated carbocycles. The monoisotopic (exact) mass is 397 g/mol. The first-order valence-electron chi connectivity index (χ1n) is 10.5. The largest absolute Gasteiger partial charge is 0.347 e. The maximum Gasteiger partial charge on any atom is 0.275 e. The van der Waals surface area contributed by atoms with Crippen molar-refractivity contribution in [3.63, 3.8) is 0 Å². The Balaban J connectivity index is 1.67. The molecule has 0 aliphatic heterocycles. The summed E-state index contributed by atoms with van der Waals surface area (Å²) in [7, 11) is 0. The summed E-state index contributed by atoms with van der Waals surface area (Å²) >= 11 is 0. The van der Waals surface area contributed by atoms with Crippen LogP contribution in [0.15, 0.2) is 29.2 Å². The van der Waals surface area contributed by atoms with E-state index in [2.05, 4.69) is 46.3 Å². The van der Waals surface area contributed by atoms with Crippen molar-refractivity contribution in [3.05, 3.63) is 40.4 Å². The molecule has 0 aromatic carbocycles. The maximum atomic E-state index is 12.8. The third-order valence-electron chi connectivity index (χ3n) is 6.01. The Hall–Kier alpha value is -2.57. The molecule has 2 N–H and O–H groups in total. The molecule has 1 atom stereocenters. The summed E-state index contributed by atoms with van der Waals surface area (Å²) in [4.78, 5) is 32.3. The first-order valence-corrected chi connectivity index (χ1v) is 10.5. The molecule has 7 nitrogen and oxygen atoms in total. The summed E-state index contributed by atoms with van der Waals surface area (Å²) < 4.78 is 0. The molecule has 7 heteroatoms. The van der Waals surface area contributed by atoms with E-state index in [1.807, 2.05) is 13.0 Å². The second-order valence-corrected chi connectivity index (χ2v) is 8.99. The molecule has 1 unspecified atom stereocenters. The van der Waals surface area contributed by atoms with Gasteiger partial charge in [-0.05, 0) is 55.6 Å². The van der Waals surface area contributed by atoms with Crippen molar-refractivity contribution in [1.29, 1.82) is 0 Å². The van der Waals surface area contributed by atoms with Crippen LogP contribution in [0.1, 0.15) is 71.5 Å². The Kier molecular flexibility index (Phi) is 6.45. The molecule has 0 radical (unpaired) electrons. The van der Waals surface area contributed by atoms with Gasteiger partial charge in [0.2, 0.25) is 5.91 Å². The molecular weight excluding hydrogens is 366 g/mol. The normalized spacial score (nSPS) is 20.8. The number of amides is 1. The van der Waals surface area contributed by atoms with Crippen LogP contribution in [0.5, 0.6) is 0 Å². The van der Waals surface area contributed by atoms with Gasteiger partial charge in [0.1, 0.15) is 5.69 Å². The minimum atomic E-state index is -0.447. The average molecular weight is 398 g/mol. The number of pyridine rings is 1. The standard InChI is InChI=1S/C22H31N5O2/c1-5-16(24-20(28)14-9-11-15(12-10-14)22(2,3)4)18-21(29)25-19(27-26-18)17-8-6-7-13-23-17/h6-8,13-16H,5,9-12H2,1-4H3,(H,24,28)(H,25,27,29)/t14-,15+,16?. The number of nitrogens with one attached hydrogen (secondary N) is 2. The number of aromatic amines is 1. The van der Waals surface area contributed by atoms with Crippen LogP contribution >= 0.6 is 0 Å². The molecule has 0 bridgehead atoms. The van der Waals surface area contributed by atoms with E-state index < -0.39 is 6.04 Å². The summed E-state index contributed by atoms with van der Waals surface area (Å²) in [5.41, 5.74) is 0.732. The molecule has 2 aromatic heterocycles. The summed E-state index contributed by atoms with van der Waals surface area (Å²) in [5.74, 6) is 0.990. The average Bonchev–Trinajstić information content (AvgIpc) is 2.72. The minimum absolute atomic E-state index is 0.00230.